The van der Waals surface area contributed by atoms with Crippen LogP contribution in [0.2, 0.25) is 5.15 Å². The molecule has 18 heavy (non-hydrogen) atoms. The van der Waals surface area contributed by atoms with Gasteiger partial charge in [0.25, 0.3) is 0 Å². The van der Waals surface area contributed by atoms with E-state index >= 15 is 0 Å². The molecule has 0 N–H and O–H groups in total. The Hall–Kier alpha value is -0.350. The molecule has 0 radical (unpaired) electrons. The molecule has 98 valence electrons. The lowest BCUT2D eigenvalue weighted by molar-refractivity contribution is 0.685. The van der Waals surface area contributed by atoms with Gasteiger partial charge in [-0.2, -0.15) is 4.98 Å². The van der Waals surface area contributed by atoms with Gasteiger partial charge in [0.15, 0.2) is 0 Å². The number of rotatable bonds is 2. The Balaban J connectivity index is 1.95. The van der Waals surface area contributed by atoms with Gasteiger partial charge < -0.3 is 4.90 Å². The highest BCUT2D eigenvalue weighted by Gasteiger charge is 2.25. The number of aromatic nitrogens is 2. The second-order valence-electron chi connectivity index (χ2n) is 5.19. The Kier molecular flexibility index (Phi) is 3.76. The third-order valence-corrected chi connectivity index (χ3v) is 5.24. The molecule has 1 saturated heterocycles. The predicted molar refractivity (Wildman–Crippen MR) is 77.4 cm³/mol. The summed E-state index contributed by atoms with van der Waals surface area (Å²) in [7, 11) is 0. The van der Waals surface area contributed by atoms with Crippen LogP contribution in [0.4, 0.5) is 5.95 Å². The Morgan fingerprint density at radius 2 is 1.72 bits per heavy atom. The van der Waals surface area contributed by atoms with Crippen LogP contribution >= 0.6 is 27.5 Å². The van der Waals surface area contributed by atoms with Gasteiger partial charge in [-0.25, -0.2) is 4.98 Å². The van der Waals surface area contributed by atoms with Gasteiger partial charge in [-0.3, -0.25) is 0 Å². The maximum Gasteiger partial charge on any atom is 0.227 e. The fourth-order valence-corrected chi connectivity index (χ4v) is 3.63. The van der Waals surface area contributed by atoms with E-state index < -0.39 is 0 Å². The van der Waals surface area contributed by atoms with E-state index in [9.17, 15) is 0 Å². The third-order valence-electron chi connectivity index (χ3n) is 3.96. The lowest BCUT2D eigenvalue weighted by Gasteiger charge is -2.19. The maximum absolute atomic E-state index is 6.25. The van der Waals surface area contributed by atoms with Crippen molar-refractivity contribution in [2.24, 2.45) is 0 Å². The SMILES string of the molecule is Clc1nc(N2CCCC2)nc(C2CCCC2)c1Br. The molecule has 3 rings (SSSR count). The Labute approximate surface area is 121 Å². The molecule has 1 aliphatic heterocycles. The third kappa shape index (κ3) is 2.37. The first-order valence-electron chi connectivity index (χ1n) is 6.73. The Morgan fingerprint density at radius 1 is 1.06 bits per heavy atom. The molecule has 2 fully saturated rings. The number of anilines is 1. The predicted octanol–water partition coefficient (Wildman–Crippen LogP) is 4.15. The van der Waals surface area contributed by atoms with Crippen LogP contribution in [0.1, 0.15) is 50.1 Å². The van der Waals surface area contributed by atoms with E-state index in [0.717, 1.165) is 29.2 Å². The molecule has 0 aromatic carbocycles. The molecule has 0 bridgehead atoms. The molecule has 0 amide bonds. The van der Waals surface area contributed by atoms with E-state index in [1.807, 2.05) is 0 Å². The van der Waals surface area contributed by atoms with Gasteiger partial charge in [-0.15, -0.1) is 0 Å². The van der Waals surface area contributed by atoms with Gasteiger partial charge >= 0.3 is 0 Å². The summed E-state index contributed by atoms with van der Waals surface area (Å²) >= 11 is 9.81. The van der Waals surface area contributed by atoms with Crippen LogP contribution in [0.5, 0.6) is 0 Å². The molecule has 1 aliphatic carbocycles. The first-order chi connectivity index (χ1) is 8.75. The van der Waals surface area contributed by atoms with E-state index in [2.05, 4.69) is 25.8 Å². The van der Waals surface area contributed by atoms with Gasteiger partial charge in [0.1, 0.15) is 5.15 Å². The van der Waals surface area contributed by atoms with Crippen LogP contribution in [0, 0.1) is 0 Å². The van der Waals surface area contributed by atoms with Gasteiger partial charge in [0.05, 0.1) is 10.2 Å². The van der Waals surface area contributed by atoms with Crippen molar-refractivity contribution in [3.8, 4) is 0 Å². The normalized spacial score (nSPS) is 20.9. The molecule has 1 aromatic heterocycles. The summed E-state index contributed by atoms with van der Waals surface area (Å²) in [5.74, 6) is 1.38. The molecule has 2 heterocycles. The van der Waals surface area contributed by atoms with Crippen molar-refractivity contribution in [3.05, 3.63) is 15.3 Å². The summed E-state index contributed by atoms with van der Waals surface area (Å²) in [6.07, 6.45) is 7.53. The topological polar surface area (TPSA) is 29.0 Å². The molecule has 0 atom stereocenters. The van der Waals surface area contributed by atoms with Gasteiger partial charge in [-0.05, 0) is 41.6 Å². The summed E-state index contributed by atoms with van der Waals surface area (Å²) in [6.45, 7) is 2.12. The van der Waals surface area contributed by atoms with Crippen molar-refractivity contribution >= 4 is 33.5 Å². The van der Waals surface area contributed by atoms with Crippen LogP contribution < -0.4 is 4.90 Å². The highest BCUT2D eigenvalue weighted by molar-refractivity contribution is 9.10. The van der Waals surface area contributed by atoms with E-state index in [4.69, 9.17) is 16.6 Å². The van der Waals surface area contributed by atoms with Crippen molar-refractivity contribution in [2.75, 3.05) is 18.0 Å². The fraction of sp³-hybridized carbons (Fsp3) is 0.692. The summed E-state index contributed by atoms with van der Waals surface area (Å²) in [5, 5.41) is 0.564. The fourth-order valence-electron chi connectivity index (χ4n) is 2.95. The summed E-state index contributed by atoms with van der Waals surface area (Å²) in [6, 6.07) is 0. The first kappa shape index (κ1) is 12.7. The van der Waals surface area contributed by atoms with Crippen LogP contribution in [-0.2, 0) is 0 Å². The quantitative estimate of drug-likeness (QED) is 0.763. The minimum Gasteiger partial charge on any atom is -0.341 e. The van der Waals surface area contributed by atoms with Crippen LogP contribution in [-0.4, -0.2) is 23.1 Å². The van der Waals surface area contributed by atoms with Gasteiger partial charge in [-0.1, -0.05) is 24.4 Å². The van der Waals surface area contributed by atoms with Crippen LogP contribution in [0.25, 0.3) is 0 Å². The molecule has 1 saturated carbocycles. The van der Waals surface area contributed by atoms with Crippen molar-refractivity contribution < 1.29 is 0 Å². The van der Waals surface area contributed by atoms with E-state index in [0.29, 0.717) is 11.1 Å². The monoisotopic (exact) mass is 329 g/mol. The average Bonchev–Trinajstić information content (AvgIpc) is 3.03. The molecular weight excluding hydrogens is 314 g/mol. The summed E-state index contributed by atoms with van der Waals surface area (Å²) < 4.78 is 0.902. The van der Waals surface area contributed by atoms with Gasteiger partial charge in [0, 0.05) is 19.0 Å². The highest BCUT2D eigenvalue weighted by atomic mass is 79.9. The number of nitrogens with zero attached hydrogens (tertiary/aromatic N) is 3. The lowest BCUT2D eigenvalue weighted by Crippen LogP contribution is -2.21. The molecule has 3 nitrogen and oxygen atoms in total. The largest absolute Gasteiger partial charge is 0.341 e. The maximum atomic E-state index is 6.25. The van der Waals surface area contributed by atoms with Crippen molar-refractivity contribution in [2.45, 2.75) is 44.4 Å². The zero-order chi connectivity index (χ0) is 12.5. The molecule has 5 heteroatoms. The molecule has 0 spiro atoms. The standard InChI is InChI=1S/C13H17BrClN3/c14-10-11(9-5-1-2-6-9)16-13(17-12(10)15)18-7-3-4-8-18/h9H,1-8H2. The zero-order valence-electron chi connectivity index (χ0n) is 10.3. The number of hydrogen-bond donors (Lipinski definition) is 0. The summed E-state index contributed by atoms with van der Waals surface area (Å²) in [5.41, 5.74) is 1.12. The Bertz CT molecular complexity index is 440. The number of halogens is 2. The van der Waals surface area contributed by atoms with Crippen molar-refractivity contribution in [1.82, 2.24) is 9.97 Å². The molecule has 1 aromatic rings. The minimum atomic E-state index is 0.557. The van der Waals surface area contributed by atoms with E-state index in [1.165, 1.54) is 38.5 Å². The zero-order valence-corrected chi connectivity index (χ0v) is 12.7. The Morgan fingerprint density at radius 3 is 2.39 bits per heavy atom. The molecular formula is C13H17BrClN3. The van der Waals surface area contributed by atoms with Crippen LogP contribution in [0.15, 0.2) is 4.47 Å². The van der Waals surface area contributed by atoms with E-state index in [-0.39, 0.29) is 0 Å². The first-order valence-corrected chi connectivity index (χ1v) is 7.90. The second kappa shape index (κ2) is 5.33. The minimum absolute atomic E-state index is 0.557. The smallest absolute Gasteiger partial charge is 0.227 e. The lowest BCUT2D eigenvalue weighted by atomic mass is 10.0. The number of hydrogen-bond acceptors (Lipinski definition) is 3. The average molecular weight is 331 g/mol. The summed E-state index contributed by atoms with van der Waals surface area (Å²) in [4.78, 5) is 11.4. The molecule has 0 unspecified atom stereocenters. The van der Waals surface area contributed by atoms with Gasteiger partial charge in [0.2, 0.25) is 5.95 Å². The molecule has 2 aliphatic rings. The highest BCUT2D eigenvalue weighted by Crippen LogP contribution is 2.39. The van der Waals surface area contributed by atoms with Crippen LogP contribution in [0.3, 0.4) is 0 Å². The second-order valence-corrected chi connectivity index (χ2v) is 6.34. The van der Waals surface area contributed by atoms with Crippen molar-refractivity contribution in [3.63, 3.8) is 0 Å². The van der Waals surface area contributed by atoms with E-state index in [1.54, 1.807) is 0 Å². The van der Waals surface area contributed by atoms with Crippen molar-refractivity contribution in [1.29, 1.82) is 0 Å².